The second-order valence-corrected chi connectivity index (χ2v) is 7.67. The summed E-state index contributed by atoms with van der Waals surface area (Å²) in [6.45, 7) is 0. The normalized spacial score (nSPS) is 10.4. The Kier molecular flexibility index (Phi) is 6.83. The number of halogens is 2. The Morgan fingerprint density at radius 1 is 0.788 bits per heavy atom. The minimum absolute atomic E-state index is 0.122. The van der Waals surface area contributed by atoms with Crippen LogP contribution in [0.2, 0.25) is 10.0 Å². The van der Waals surface area contributed by atoms with Crippen LogP contribution in [-0.2, 0) is 9.59 Å². The predicted octanol–water partition coefficient (Wildman–Crippen LogP) is 5.23. The number of carbonyl (C=O) groups is 2. The SMILES string of the molecule is O=C(Nc1ccccc1Cl)C(=Cc1ccc(-n2cncn2)cc1)C(=O)Nc1ccccc1Cl. The number of hydrogen-bond acceptors (Lipinski definition) is 4. The summed E-state index contributed by atoms with van der Waals surface area (Å²) in [7, 11) is 0. The molecule has 0 aliphatic carbocycles. The molecule has 7 nitrogen and oxygen atoms in total. The average molecular weight is 478 g/mol. The fraction of sp³-hybridized carbons (Fsp3) is 0. The summed E-state index contributed by atoms with van der Waals surface area (Å²) in [5.41, 5.74) is 2.08. The molecular formula is C24H17Cl2N5O2. The van der Waals surface area contributed by atoms with Crippen LogP contribution in [0.4, 0.5) is 11.4 Å². The van der Waals surface area contributed by atoms with Gasteiger partial charge in [-0.25, -0.2) is 9.67 Å². The van der Waals surface area contributed by atoms with Crippen LogP contribution in [-0.4, -0.2) is 26.6 Å². The maximum atomic E-state index is 13.1. The van der Waals surface area contributed by atoms with Gasteiger partial charge in [-0.2, -0.15) is 5.10 Å². The van der Waals surface area contributed by atoms with Crippen LogP contribution in [0, 0.1) is 0 Å². The smallest absolute Gasteiger partial charge is 0.261 e. The molecule has 0 aliphatic rings. The minimum Gasteiger partial charge on any atom is -0.320 e. The number of aromatic nitrogens is 3. The number of amides is 2. The zero-order valence-corrected chi connectivity index (χ0v) is 18.6. The summed E-state index contributed by atoms with van der Waals surface area (Å²) in [4.78, 5) is 30.1. The molecule has 0 unspecified atom stereocenters. The Labute approximate surface area is 199 Å². The lowest BCUT2D eigenvalue weighted by atomic mass is 10.1. The monoisotopic (exact) mass is 477 g/mol. The molecule has 3 aromatic carbocycles. The molecule has 2 amide bonds. The van der Waals surface area contributed by atoms with Crippen molar-refractivity contribution in [2.45, 2.75) is 0 Å². The van der Waals surface area contributed by atoms with Gasteiger partial charge in [0.1, 0.15) is 18.2 Å². The van der Waals surface area contributed by atoms with E-state index in [1.807, 2.05) is 0 Å². The van der Waals surface area contributed by atoms with Crippen molar-refractivity contribution in [3.63, 3.8) is 0 Å². The van der Waals surface area contributed by atoms with Crippen LogP contribution in [0.1, 0.15) is 5.56 Å². The molecule has 0 spiro atoms. The molecule has 4 aromatic rings. The number of rotatable bonds is 6. The Morgan fingerprint density at radius 2 is 1.33 bits per heavy atom. The van der Waals surface area contributed by atoms with Crippen molar-refractivity contribution in [1.29, 1.82) is 0 Å². The first-order valence-corrected chi connectivity index (χ1v) is 10.6. The van der Waals surface area contributed by atoms with Crippen molar-refractivity contribution in [3.05, 3.63) is 107 Å². The zero-order valence-electron chi connectivity index (χ0n) is 17.1. The van der Waals surface area contributed by atoms with Crippen LogP contribution < -0.4 is 10.6 Å². The van der Waals surface area contributed by atoms with Gasteiger partial charge in [0.05, 0.1) is 27.1 Å². The summed E-state index contributed by atoms with van der Waals surface area (Å²) < 4.78 is 1.60. The molecule has 9 heteroatoms. The fourth-order valence-corrected chi connectivity index (χ4v) is 3.34. The van der Waals surface area contributed by atoms with Gasteiger partial charge in [-0.1, -0.05) is 59.6 Å². The second kappa shape index (κ2) is 10.1. The largest absolute Gasteiger partial charge is 0.320 e. The molecule has 0 fully saturated rings. The highest BCUT2D eigenvalue weighted by molar-refractivity contribution is 6.36. The van der Waals surface area contributed by atoms with Crippen LogP contribution >= 0.6 is 23.2 Å². The highest BCUT2D eigenvalue weighted by Crippen LogP contribution is 2.24. The van der Waals surface area contributed by atoms with Gasteiger partial charge in [0, 0.05) is 0 Å². The lowest BCUT2D eigenvalue weighted by Gasteiger charge is -2.12. The molecule has 164 valence electrons. The van der Waals surface area contributed by atoms with E-state index in [1.165, 1.54) is 12.4 Å². The maximum Gasteiger partial charge on any atom is 0.261 e. The van der Waals surface area contributed by atoms with E-state index in [2.05, 4.69) is 20.7 Å². The third-order valence-electron chi connectivity index (χ3n) is 4.62. The molecule has 4 rings (SSSR count). The second-order valence-electron chi connectivity index (χ2n) is 6.86. The van der Waals surface area contributed by atoms with Gasteiger partial charge in [-0.05, 0) is 48.0 Å². The Morgan fingerprint density at radius 3 is 1.82 bits per heavy atom. The van der Waals surface area contributed by atoms with Crippen molar-refractivity contribution in [3.8, 4) is 5.69 Å². The quantitative estimate of drug-likeness (QED) is 0.226. The third-order valence-corrected chi connectivity index (χ3v) is 5.28. The van der Waals surface area contributed by atoms with Crippen LogP contribution in [0.15, 0.2) is 91.0 Å². The summed E-state index contributed by atoms with van der Waals surface area (Å²) in [6.07, 6.45) is 4.50. The predicted molar refractivity (Wildman–Crippen MR) is 129 cm³/mol. The number of para-hydroxylation sites is 2. The topological polar surface area (TPSA) is 88.9 Å². The van der Waals surface area contributed by atoms with Crippen molar-refractivity contribution in [2.75, 3.05) is 10.6 Å². The highest BCUT2D eigenvalue weighted by Gasteiger charge is 2.20. The van der Waals surface area contributed by atoms with Gasteiger partial charge in [0.25, 0.3) is 11.8 Å². The Bertz CT molecular complexity index is 1260. The third kappa shape index (κ3) is 5.46. The van der Waals surface area contributed by atoms with Crippen molar-refractivity contribution < 1.29 is 9.59 Å². The van der Waals surface area contributed by atoms with Crippen LogP contribution in [0.3, 0.4) is 0 Å². The average Bonchev–Trinajstić information content (AvgIpc) is 3.36. The molecule has 0 atom stereocenters. The van der Waals surface area contributed by atoms with E-state index in [4.69, 9.17) is 23.2 Å². The Balaban J connectivity index is 1.65. The lowest BCUT2D eigenvalue weighted by Crippen LogP contribution is -2.25. The van der Waals surface area contributed by atoms with E-state index in [-0.39, 0.29) is 5.57 Å². The molecule has 2 N–H and O–H groups in total. The van der Waals surface area contributed by atoms with E-state index < -0.39 is 11.8 Å². The summed E-state index contributed by atoms with van der Waals surface area (Å²) in [5.74, 6) is -1.24. The standard InChI is InChI=1S/C24H17Cl2N5O2/c25-19-5-1-3-7-21(19)29-23(32)18(24(33)30-22-8-4-2-6-20(22)26)13-16-9-11-17(12-10-16)31-15-27-14-28-31/h1-15H,(H,29,32)(H,30,33). The highest BCUT2D eigenvalue weighted by atomic mass is 35.5. The van der Waals surface area contributed by atoms with Gasteiger partial charge >= 0.3 is 0 Å². The van der Waals surface area contributed by atoms with Crippen molar-refractivity contribution in [1.82, 2.24) is 14.8 Å². The van der Waals surface area contributed by atoms with Gasteiger partial charge in [0.2, 0.25) is 0 Å². The molecular weight excluding hydrogens is 461 g/mol. The number of nitrogens with zero attached hydrogens (tertiary/aromatic N) is 3. The van der Waals surface area contributed by atoms with E-state index in [9.17, 15) is 9.59 Å². The number of hydrogen-bond donors (Lipinski definition) is 2. The van der Waals surface area contributed by atoms with Gasteiger partial charge in [0.15, 0.2) is 0 Å². The summed E-state index contributed by atoms with van der Waals surface area (Å²) >= 11 is 12.3. The molecule has 33 heavy (non-hydrogen) atoms. The van der Waals surface area contributed by atoms with Gasteiger partial charge < -0.3 is 10.6 Å². The molecule has 0 aliphatic heterocycles. The molecule has 0 saturated heterocycles. The molecule has 1 aromatic heterocycles. The summed E-state index contributed by atoms with van der Waals surface area (Å²) in [6, 6.07) is 20.7. The first kappa shape index (κ1) is 22.3. The molecule has 0 bridgehead atoms. The first-order valence-electron chi connectivity index (χ1n) is 9.80. The van der Waals surface area contributed by atoms with Crippen molar-refractivity contribution >= 4 is 52.5 Å². The number of carbonyl (C=O) groups excluding carboxylic acids is 2. The van der Waals surface area contributed by atoms with Crippen LogP contribution in [0.25, 0.3) is 11.8 Å². The number of anilines is 2. The van der Waals surface area contributed by atoms with E-state index >= 15 is 0 Å². The lowest BCUT2D eigenvalue weighted by molar-refractivity contribution is -0.118. The van der Waals surface area contributed by atoms with E-state index in [0.29, 0.717) is 27.0 Å². The molecule has 1 heterocycles. The molecule has 0 radical (unpaired) electrons. The Hall–Kier alpha value is -3.94. The molecule has 0 saturated carbocycles. The maximum absolute atomic E-state index is 13.1. The summed E-state index contributed by atoms with van der Waals surface area (Å²) in [5, 5.41) is 10.2. The zero-order chi connectivity index (χ0) is 23.2. The van der Waals surface area contributed by atoms with E-state index in [1.54, 1.807) is 83.8 Å². The van der Waals surface area contributed by atoms with Crippen molar-refractivity contribution in [2.24, 2.45) is 0 Å². The van der Waals surface area contributed by atoms with Gasteiger partial charge in [-0.3, -0.25) is 9.59 Å². The first-order chi connectivity index (χ1) is 16.0. The van der Waals surface area contributed by atoms with E-state index in [0.717, 1.165) is 5.69 Å². The van der Waals surface area contributed by atoms with Crippen LogP contribution in [0.5, 0.6) is 0 Å². The number of benzene rings is 3. The van der Waals surface area contributed by atoms with Gasteiger partial charge in [-0.15, -0.1) is 0 Å². The number of nitrogens with one attached hydrogen (secondary N) is 2. The minimum atomic E-state index is -0.618. The fourth-order valence-electron chi connectivity index (χ4n) is 2.97.